The number of fused-ring (bicyclic) bond motifs is 3. The number of carbonyl (C=O) groups is 1. The van der Waals surface area contributed by atoms with E-state index in [4.69, 9.17) is 0 Å². The number of carbonyl (C=O) groups excluding carboxylic acids is 1. The lowest BCUT2D eigenvalue weighted by molar-refractivity contribution is 0.0941. The minimum atomic E-state index is -0.223. The number of nitrogens with one attached hydrogen (secondary N) is 2. The van der Waals surface area contributed by atoms with Crippen LogP contribution in [0.15, 0.2) is 12.4 Å². The average Bonchev–Trinajstić information content (AvgIpc) is 2.87. The Morgan fingerprint density at radius 3 is 2.95 bits per heavy atom. The van der Waals surface area contributed by atoms with E-state index >= 15 is 0 Å². The highest BCUT2D eigenvalue weighted by molar-refractivity contribution is 5.97. The van der Waals surface area contributed by atoms with Gasteiger partial charge in [-0.2, -0.15) is 9.50 Å². The van der Waals surface area contributed by atoms with Crippen molar-refractivity contribution >= 4 is 17.8 Å². The molecule has 1 aliphatic heterocycles. The van der Waals surface area contributed by atoms with Crippen LogP contribution in [0.1, 0.15) is 59.9 Å². The van der Waals surface area contributed by atoms with E-state index in [0.29, 0.717) is 23.0 Å². The fraction of sp³-hybridized carbons (Fsp3) is 0.429. The van der Waals surface area contributed by atoms with Gasteiger partial charge in [0, 0.05) is 18.3 Å². The molecule has 1 fully saturated rings. The molecule has 4 rings (SSSR count). The van der Waals surface area contributed by atoms with E-state index < -0.39 is 0 Å². The summed E-state index contributed by atoms with van der Waals surface area (Å²) in [6.45, 7) is 0. The molecule has 2 aliphatic rings. The van der Waals surface area contributed by atoms with Crippen LogP contribution in [0, 0.1) is 0 Å². The molecule has 7 nitrogen and oxygen atoms in total. The first-order chi connectivity index (χ1) is 10.3. The summed E-state index contributed by atoms with van der Waals surface area (Å²) >= 11 is 0. The van der Waals surface area contributed by atoms with Crippen molar-refractivity contribution in [3.63, 3.8) is 0 Å². The van der Waals surface area contributed by atoms with Crippen LogP contribution in [0.4, 0.5) is 0 Å². The first-order valence-electron chi connectivity index (χ1n) is 7.31. The molecule has 0 radical (unpaired) electrons. The third-order valence-electron chi connectivity index (χ3n) is 4.14. The van der Waals surface area contributed by atoms with Crippen LogP contribution in [-0.2, 0) is 0 Å². The fourth-order valence-corrected chi connectivity index (χ4v) is 3.03. The SMILES string of the molecule is O=C1NNC=Cc2c1cnc1nc(C3CCCCC3)nn21. The maximum Gasteiger partial charge on any atom is 0.273 e. The maximum absolute atomic E-state index is 11.9. The Labute approximate surface area is 121 Å². The Morgan fingerprint density at radius 1 is 1.24 bits per heavy atom. The van der Waals surface area contributed by atoms with E-state index in [2.05, 4.69) is 25.9 Å². The first-order valence-corrected chi connectivity index (χ1v) is 7.31. The summed E-state index contributed by atoms with van der Waals surface area (Å²) in [5.41, 5.74) is 6.46. The summed E-state index contributed by atoms with van der Waals surface area (Å²) in [4.78, 5) is 20.8. The van der Waals surface area contributed by atoms with Crippen LogP contribution in [0.5, 0.6) is 0 Å². The molecule has 108 valence electrons. The van der Waals surface area contributed by atoms with Gasteiger partial charge < -0.3 is 5.43 Å². The molecule has 0 aromatic carbocycles. The van der Waals surface area contributed by atoms with Crippen LogP contribution in [0.25, 0.3) is 11.9 Å². The van der Waals surface area contributed by atoms with Crippen LogP contribution in [0.2, 0.25) is 0 Å². The first kappa shape index (κ1) is 12.3. The van der Waals surface area contributed by atoms with Crippen LogP contribution in [-0.4, -0.2) is 25.5 Å². The average molecular weight is 284 g/mol. The second-order valence-corrected chi connectivity index (χ2v) is 5.51. The van der Waals surface area contributed by atoms with Gasteiger partial charge in [0.25, 0.3) is 11.7 Å². The largest absolute Gasteiger partial charge is 0.306 e. The number of hydrazine groups is 1. The molecule has 3 heterocycles. The lowest BCUT2D eigenvalue weighted by Gasteiger charge is -2.17. The molecule has 21 heavy (non-hydrogen) atoms. The molecule has 1 saturated carbocycles. The number of aromatic nitrogens is 4. The Balaban J connectivity index is 1.84. The molecule has 1 amide bonds. The quantitative estimate of drug-likeness (QED) is 0.826. The number of hydrogen-bond acceptors (Lipinski definition) is 5. The van der Waals surface area contributed by atoms with Gasteiger partial charge in [-0.15, -0.1) is 5.10 Å². The van der Waals surface area contributed by atoms with Gasteiger partial charge >= 0.3 is 0 Å². The normalized spacial score (nSPS) is 19.0. The lowest BCUT2D eigenvalue weighted by atomic mass is 9.89. The standard InChI is InChI=1S/C14H16N6O/c21-13-10-8-15-14-17-12(9-4-2-1-3-5-9)19-20(14)11(10)6-7-16-18-13/h6-9,16H,1-5H2,(H,18,21). The van der Waals surface area contributed by atoms with E-state index in [1.165, 1.54) is 19.3 Å². The van der Waals surface area contributed by atoms with Crippen molar-refractivity contribution in [3.05, 3.63) is 29.5 Å². The monoisotopic (exact) mass is 284 g/mol. The molecule has 2 aromatic rings. The van der Waals surface area contributed by atoms with Gasteiger partial charge in [0.15, 0.2) is 5.82 Å². The Morgan fingerprint density at radius 2 is 2.10 bits per heavy atom. The Bertz CT molecular complexity index is 728. The predicted molar refractivity (Wildman–Crippen MR) is 76.2 cm³/mol. The Hall–Kier alpha value is -2.44. The highest BCUT2D eigenvalue weighted by atomic mass is 16.2. The van der Waals surface area contributed by atoms with Crippen molar-refractivity contribution in [2.45, 2.75) is 38.0 Å². The molecule has 0 unspecified atom stereocenters. The molecule has 0 atom stereocenters. The van der Waals surface area contributed by atoms with Gasteiger partial charge in [-0.3, -0.25) is 10.2 Å². The zero-order chi connectivity index (χ0) is 14.2. The van der Waals surface area contributed by atoms with E-state index in [1.54, 1.807) is 23.0 Å². The van der Waals surface area contributed by atoms with E-state index in [0.717, 1.165) is 18.7 Å². The van der Waals surface area contributed by atoms with Crippen molar-refractivity contribution < 1.29 is 4.79 Å². The highest BCUT2D eigenvalue weighted by Crippen LogP contribution is 2.31. The summed E-state index contributed by atoms with van der Waals surface area (Å²) < 4.78 is 1.67. The van der Waals surface area contributed by atoms with Crippen molar-refractivity contribution in [2.75, 3.05) is 0 Å². The van der Waals surface area contributed by atoms with Crippen molar-refractivity contribution in [2.24, 2.45) is 0 Å². The van der Waals surface area contributed by atoms with Crippen LogP contribution < -0.4 is 10.9 Å². The topological polar surface area (TPSA) is 84.2 Å². The molecule has 7 heteroatoms. The van der Waals surface area contributed by atoms with Gasteiger partial charge in [0.2, 0.25) is 0 Å². The lowest BCUT2D eigenvalue weighted by Crippen LogP contribution is -2.32. The van der Waals surface area contributed by atoms with Crippen molar-refractivity contribution in [1.82, 2.24) is 30.4 Å². The molecule has 0 bridgehead atoms. The van der Waals surface area contributed by atoms with Gasteiger partial charge in [-0.25, -0.2) is 4.98 Å². The molecular formula is C14H16N6O. The van der Waals surface area contributed by atoms with Gasteiger partial charge in [-0.05, 0) is 18.9 Å². The van der Waals surface area contributed by atoms with Crippen molar-refractivity contribution in [1.29, 1.82) is 0 Å². The number of hydrogen-bond donors (Lipinski definition) is 2. The molecule has 2 aromatic heterocycles. The summed E-state index contributed by atoms with van der Waals surface area (Å²) in [6.07, 6.45) is 11.1. The van der Waals surface area contributed by atoms with Crippen molar-refractivity contribution in [3.8, 4) is 0 Å². The summed E-state index contributed by atoms with van der Waals surface area (Å²) in [6, 6.07) is 0. The third-order valence-corrected chi connectivity index (χ3v) is 4.14. The summed E-state index contributed by atoms with van der Waals surface area (Å²) in [5, 5.41) is 4.61. The zero-order valence-corrected chi connectivity index (χ0v) is 11.5. The minimum Gasteiger partial charge on any atom is -0.306 e. The molecule has 2 N–H and O–H groups in total. The predicted octanol–water partition coefficient (Wildman–Crippen LogP) is 1.39. The molecule has 0 spiro atoms. The van der Waals surface area contributed by atoms with Gasteiger partial charge in [0.1, 0.15) is 0 Å². The zero-order valence-electron chi connectivity index (χ0n) is 11.5. The fourth-order valence-electron chi connectivity index (χ4n) is 3.03. The Kier molecular flexibility index (Phi) is 2.83. The number of rotatable bonds is 1. The number of nitrogens with zero attached hydrogens (tertiary/aromatic N) is 4. The van der Waals surface area contributed by atoms with E-state index in [-0.39, 0.29) is 5.91 Å². The third kappa shape index (κ3) is 2.05. The van der Waals surface area contributed by atoms with Crippen LogP contribution >= 0.6 is 0 Å². The van der Waals surface area contributed by atoms with Gasteiger partial charge in [-0.1, -0.05) is 19.3 Å². The summed E-state index contributed by atoms with van der Waals surface area (Å²) in [5.74, 6) is 1.59. The molecule has 1 aliphatic carbocycles. The maximum atomic E-state index is 11.9. The number of amides is 1. The van der Waals surface area contributed by atoms with Crippen LogP contribution in [0.3, 0.4) is 0 Å². The van der Waals surface area contributed by atoms with E-state index in [1.807, 2.05) is 0 Å². The van der Waals surface area contributed by atoms with E-state index in [9.17, 15) is 4.79 Å². The second kappa shape index (κ2) is 4.83. The highest BCUT2D eigenvalue weighted by Gasteiger charge is 2.23. The summed E-state index contributed by atoms with van der Waals surface area (Å²) in [7, 11) is 0. The smallest absolute Gasteiger partial charge is 0.273 e. The molecular weight excluding hydrogens is 268 g/mol. The van der Waals surface area contributed by atoms with Gasteiger partial charge in [0.05, 0.1) is 11.3 Å². The second-order valence-electron chi connectivity index (χ2n) is 5.51. The molecule has 0 saturated heterocycles. The minimum absolute atomic E-state index is 0.223.